The second-order valence-corrected chi connectivity index (χ2v) is 4.31. The quantitative estimate of drug-likeness (QED) is 0.751. The predicted octanol–water partition coefficient (Wildman–Crippen LogP) is 0.891. The van der Waals surface area contributed by atoms with Crippen molar-refractivity contribution in [1.82, 2.24) is 9.88 Å². The minimum Gasteiger partial charge on any atom is -0.473 e. The molecule has 0 amide bonds. The number of ether oxygens (including phenoxy) is 1. The van der Waals surface area contributed by atoms with Crippen LogP contribution < -0.4 is 10.2 Å². The van der Waals surface area contributed by atoms with Gasteiger partial charge in [-0.05, 0) is 12.5 Å². The second-order valence-electron chi connectivity index (χ2n) is 4.31. The molecule has 1 saturated heterocycles. The van der Waals surface area contributed by atoms with Crippen molar-refractivity contribution in [1.29, 1.82) is 0 Å². The number of aromatic nitrogens is 1. The molecule has 0 aromatic carbocycles. The van der Waals surface area contributed by atoms with Crippen molar-refractivity contribution in [3.63, 3.8) is 0 Å². The largest absolute Gasteiger partial charge is 0.473 e. The molecule has 1 aliphatic heterocycles. The zero-order valence-corrected chi connectivity index (χ0v) is 9.65. The molecule has 2 radical (unpaired) electrons. The first-order valence-electron chi connectivity index (χ1n) is 5.60. The van der Waals surface area contributed by atoms with Crippen LogP contribution in [0.1, 0.15) is 6.42 Å². The van der Waals surface area contributed by atoms with Gasteiger partial charge in [0.25, 0.3) is 0 Å². The van der Waals surface area contributed by atoms with Crippen LogP contribution in [0.3, 0.4) is 0 Å². The third kappa shape index (κ3) is 3.91. The number of alkyl halides is 3. The van der Waals surface area contributed by atoms with Gasteiger partial charge < -0.3 is 4.74 Å². The summed E-state index contributed by atoms with van der Waals surface area (Å²) in [4.78, 5) is 5.29. The Balaban J connectivity index is 1.84. The highest BCUT2D eigenvalue weighted by molar-refractivity contribution is 6.32. The van der Waals surface area contributed by atoms with Gasteiger partial charge in [0, 0.05) is 19.3 Å². The second kappa shape index (κ2) is 5.18. The highest BCUT2D eigenvalue weighted by Crippen LogP contribution is 2.21. The highest BCUT2D eigenvalue weighted by atomic mass is 19.4. The number of likely N-dealkylation sites (tertiary alicyclic amines) is 1. The Morgan fingerprint density at radius 2 is 2.22 bits per heavy atom. The number of halogens is 3. The lowest BCUT2D eigenvalue weighted by atomic mass is 9.99. The summed E-state index contributed by atoms with van der Waals surface area (Å²) in [6.45, 7) is -0.229. The van der Waals surface area contributed by atoms with Crippen molar-refractivity contribution < 1.29 is 17.9 Å². The average molecular weight is 256 g/mol. The highest BCUT2D eigenvalue weighted by Gasteiger charge is 2.34. The monoisotopic (exact) mass is 256 g/mol. The molecule has 1 aromatic heterocycles. The van der Waals surface area contributed by atoms with E-state index in [1.54, 1.807) is 12.1 Å². The summed E-state index contributed by atoms with van der Waals surface area (Å²) in [7, 11) is 5.47. The third-order valence-electron chi connectivity index (χ3n) is 2.68. The van der Waals surface area contributed by atoms with Crippen LogP contribution in [0.4, 0.5) is 13.2 Å². The fourth-order valence-corrected chi connectivity index (χ4v) is 1.92. The summed E-state index contributed by atoms with van der Waals surface area (Å²) in [5, 5.41) is 0. The van der Waals surface area contributed by atoms with Crippen LogP contribution in [0, 0.1) is 0 Å². The molecule has 1 aromatic rings. The molecule has 0 bridgehead atoms. The van der Waals surface area contributed by atoms with Gasteiger partial charge in [0.05, 0.1) is 6.54 Å². The Morgan fingerprint density at radius 1 is 1.44 bits per heavy atom. The van der Waals surface area contributed by atoms with Crippen LogP contribution in [-0.4, -0.2) is 49.6 Å². The first-order chi connectivity index (χ1) is 8.42. The van der Waals surface area contributed by atoms with Crippen LogP contribution in [0.15, 0.2) is 18.3 Å². The van der Waals surface area contributed by atoms with E-state index >= 15 is 0 Å². The van der Waals surface area contributed by atoms with Crippen molar-refractivity contribution in [2.45, 2.75) is 18.7 Å². The third-order valence-corrected chi connectivity index (χ3v) is 2.68. The molecular weight excluding hydrogens is 244 g/mol. The molecule has 1 fully saturated rings. The fraction of sp³-hybridized carbons (Fsp3) is 0.545. The van der Waals surface area contributed by atoms with E-state index in [2.05, 4.69) is 4.98 Å². The van der Waals surface area contributed by atoms with E-state index in [1.165, 1.54) is 11.1 Å². The molecule has 0 N–H and O–H groups in total. The molecule has 18 heavy (non-hydrogen) atoms. The molecule has 1 aliphatic rings. The molecule has 96 valence electrons. The summed E-state index contributed by atoms with van der Waals surface area (Å²) in [5.74, 6) is 0.392. The number of nitrogens with zero attached hydrogens (tertiary/aromatic N) is 2. The molecule has 0 spiro atoms. The van der Waals surface area contributed by atoms with Crippen molar-refractivity contribution in [2.75, 3.05) is 19.6 Å². The van der Waals surface area contributed by atoms with Crippen LogP contribution in [-0.2, 0) is 0 Å². The van der Waals surface area contributed by atoms with E-state index in [-0.39, 0.29) is 12.6 Å². The van der Waals surface area contributed by atoms with Gasteiger partial charge in [-0.15, -0.1) is 0 Å². The van der Waals surface area contributed by atoms with Gasteiger partial charge >= 0.3 is 6.18 Å². The maximum absolute atomic E-state index is 12.2. The normalized spacial score (nSPS) is 21.2. The summed E-state index contributed by atoms with van der Waals surface area (Å²) >= 11 is 0. The Morgan fingerprint density at radius 3 is 2.83 bits per heavy atom. The van der Waals surface area contributed by atoms with Gasteiger partial charge in [-0.3, -0.25) is 4.90 Å². The van der Waals surface area contributed by atoms with E-state index in [0.29, 0.717) is 24.3 Å². The molecule has 2 heterocycles. The molecular formula is C11H12BF3N2O. The number of hydrogen-bond acceptors (Lipinski definition) is 3. The average Bonchev–Trinajstić information content (AvgIpc) is 2.66. The molecule has 7 heteroatoms. The van der Waals surface area contributed by atoms with Crippen LogP contribution in [0.25, 0.3) is 0 Å². The van der Waals surface area contributed by atoms with Crippen molar-refractivity contribution >= 4 is 13.3 Å². The van der Waals surface area contributed by atoms with E-state index in [0.717, 1.165) is 0 Å². The van der Waals surface area contributed by atoms with Crippen LogP contribution in [0.2, 0.25) is 0 Å². The summed E-state index contributed by atoms with van der Waals surface area (Å²) in [6.07, 6.45) is -2.38. The van der Waals surface area contributed by atoms with Crippen molar-refractivity contribution in [3.05, 3.63) is 18.3 Å². The molecule has 1 unspecified atom stereocenters. The standard InChI is InChI=1S/C11H12BF3N2O/c12-8-1-2-10(16-5-8)18-9-3-4-17(6-9)7-11(13,14)15/h1-2,5,9H,3-4,6-7H2. The van der Waals surface area contributed by atoms with Gasteiger partial charge in [0.1, 0.15) is 14.0 Å². The van der Waals surface area contributed by atoms with E-state index in [4.69, 9.17) is 12.6 Å². The minimum atomic E-state index is -4.16. The number of rotatable bonds is 3. The first kappa shape index (κ1) is 13.2. The fourth-order valence-electron chi connectivity index (χ4n) is 1.92. The van der Waals surface area contributed by atoms with E-state index in [9.17, 15) is 13.2 Å². The zero-order chi connectivity index (χ0) is 13.2. The smallest absolute Gasteiger partial charge is 0.401 e. The summed E-state index contributed by atoms with van der Waals surface area (Å²) in [5.41, 5.74) is 0.521. The minimum absolute atomic E-state index is 0.247. The van der Waals surface area contributed by atoms with E-state index < -0.39 is 12.7 Å². The lowest BCUT2D eigenvalue weighted by Crippen LogP contribution is -2.33. The van der Waals surface area contributed by atoms with Gasteiger partial charge in [0.15, 0.2) is 0 Å². The topological polar surface area (TPSA) is 25.4 Å². The summed E-state index contributed by atoms with van der Waals surface area (Å²) in [6, 6.07) is 3.26. The zero-order valence-electron chi connectivity index (χ0n) is 9.65. The molecule has 2 rings (SSSR count). The van der Waals surface area contributed by atoms with Gasteiger partial charge in [0.2, 0.25) is 5.88 Å². The van der Waals surface area contributed by atoms with Gasteiger partial charge in [-0.25, -0.2) is 4.98 Å². The van der Waals surface area contributed by atoms with Crippen molar-refractivity contribution in [3.8, 4) is 5.88 Å². The van der Waals surface area contributed by atoms with Gasteiger partial charge in [-0.2, -0.15) is 13.2 Å². The Labute approximate surface area is 104 Å². The first-order valence-corrected chi connectivity index (χ1v) is 5.60. The maximum atomic E-state index is 12.2. The Kier molecular flexibility index (Phi) is 3.80. The van der Waals surface area contributed by atoms with Crippen LogP contribution >= 0.6 is 0 Å². The molecule has 0 aliphatic carbocycles. The molecule has 3 nitrogen and oxygen atoms in total. The van der Waals surface area contributed by atoms with Crippen molar-refractivity contribution in [2.24, 2.45) is 0 Å². The van der Waals surface area contributed by atoms with Crippen LogP contribution in [0.5, 0.6) is 5.88 Å². The molecule has 1 atom stereocenters. The Hall–Kier alpha value is -1.24. The lowest BCUT2D eigenvalue weighted by Gasteiger charge is -2.18. The van der Waals surface area contributed by atoms with E-state index in [1.807, 2.05) is 0 Å². The maximum Gasteiger partial charge on any atom is 0.401 e. The summed E-state index contributed by atoms with van der Waals surface area (Å²) < 4.78 is 42.1. The SMILES string of the molecule is [B]c1ccc(OC2CCN(CC(F)(F)F)C2)nc1. The number of pyridine rings is 1. The molecule has 0 saturated carbocycles. The van der Waals surface area contributed by atoms with Gasteiger partial charge in [-0.1, -0.05) is 11.5 Å². The predicted molar refractivity (Wildman–Crippen MR) is 61.2 cm³/mol. The number of hydrogen-bond donors (Lipinski definition) is 0. The Bertz CT molecular complexity index is 396. The lowest BCUT2D eigenvalue weighted by molar-refractivity contribution is -0.144.